The molecule has 0 amide bonds. The third-order valence-electron chi connectivity index (χ3n) is 4.29. The van der Waals surface area contributed by atoms with E-state index in [1.807, 2.05) is 12.1 Å². The first-order chi connectivity index (χ1) is 10.1. The molecule has 0 aliphatic heterocycles. The second-order valence-corrected chi connectivity index (χ2v) is 7.62. The molecule has 0 aromatic heterocycles. The summed E-state index contributed by atoms with van der Waals surface area (Å²) in [6.07, 6.45) is 6.15. The first-order valence-corrected chi connectivity index (χ1v) is 9.36. The summed E-state index contributed by atoms with van der Waals surface area (Å²) in [5, 5.41) is 0. The van der Waals surface area contributed by atoms with Gasteiger partial charge in [-0.3, -0.25) is 0 Å². The number of halogens is 1. The van der Waals surface area contributed by atoms with Crippen molar-refractivity contribution in [3.63, 3.8) is 0 Å². The van der Waals surface area contributed by atoms with Crippen LogP contribution in [0.2, 0.25) is 0 Å². The summed E-state index contributed by atoms with van der Waals surface area (Å²) in [5.41, 5.74) is 6.94. The van der Waals surface area contributed by atoms with Crippen molar-refractivity contribution in [3.05, 3.63) is 29.8 Å². The normalized spacial score (nSPS) is 22.1. The van der Waals surface area contributed by atoms with E-state index in [0.717, 1.165) is 38.5 Å². The molecule has 4 nitrogen and oxygen atoms in total. The zero-order valence-corrected chi connectivity index (χ0v) is 14.8. The lowest BCUT2D eigenvalue weighted by molar-refractivity contribution is 0.296. The van der Waals surface area contributed by atoms with Crippen molar-refractivity contribution in [3.8, 4) is 0 Å². The number of benzene rings is 1. The van der Waals surface area contributed by atoms with Crippen LogP contribution in [0.15, 0.2) is 29.2 Å². The van der Waals surface area contributed by atoms with Crippen molar-refractivity contribution >= 4 is 22.4 Å². The zero-order valence-electron chi connectivity index (χ0n) is 13.1. The van der Waals surface area contributed by atoms with Crippen LogP contribution in [0.4, 0.5) is 0 Å². The number of nitrogens with two attached hydrogens (primary N) is 1. The molecule has 126 valence electrons. The zero-order chi connectivity index (χ0) is 15.3. The molecule has 2 unspecified atom stereocenters. The van der Waals surface area contributed by atoms with Gasteiger partial charge in [0.05, 0.1) is 4.90 Å². The van der Waals surface area contributed by atoms with Crippen LogP contribution in [0.3, 0.4) is 0 Å². The summed E-state index contributed by atoms with van der Waals surface area (Å²) in [6.45, 7) is 2.66. The third-order valence-corrected chi connectivity index (χ3v) is 5.80. The second kappa shape index (κ2) is 8.87. The van der Waals surface area contributed by atoms with Crippen LogP contribution in [-0.4, -0.2) is 21.0 Å². The van der Waals surface area contributed by atoms with E-state index < -0.39 is 10.0 Å². The van der Waals surface area contributed by atoms with E-state index >= 15 is 0 Å². The van der Waals surface area contributed by atoms with Crippen LogP contribution in [-0.2, 0) is 16.4 Å². The molecule has 1 fully saturated rings. The van der Waals surface area contributed by atoms with Crippen molar-refractivity contribution in [2.45, 2.75) is 56.4 Å². The lowest BCUT2D eigenvalue weighted by Crippen LogP contribution is -2.44. The number of hydrogen-bond acceptors (Lipinski definition) is 3. The molecule has 0 radical (unpaired) electrons. The van der Waals surface area contributed by atoms with Gasteiger partial charge < -0.3 is 5.73 Å². The SMILES string of the molecule is CCCc1ccc(S(=O)(=O)NC2CCCCC2CN)cc1.Cl. The van der Waals surface area contributed by atoms with Crippen LogP contribution in [0, 0.1) is 5.92 Å². The summed E-state index contributed by atoms with van der Waals surface area (Å²) in [5.74, 6) is 0.257. The van der Waals surface area contributed by atoms with Crippen LogP contribution < -0.4 is 10.5 Å². The maximum Gasteiger partial charge on any atom is 0.240 e. The summed E-state index contributed by atoms with van der Waals surface area (Å²) in [7, 11) is -3.44. The minimum absolute atomic E-state index is 0. The first kappa shape index (κ1) is 19.4. The topological polar surface area (TPSA) is 72.2 Å². The van der Waals surface area contributed by atoms with Gasteiger partial charge in [-0.25, -0.2) is 13.1 Å². The van der Waals surface area contributed by atoms with Crippen molar-refractivity contribution < 1.29 is 8.42 Å². The van der Waals surface area contributed by atoms with Gasteiger partial charge in [-0.2, -0.15) is 0 Å². The van der Waals surface area contributed by atoms with E-state index in [4.69, 9.17) is 5.73 Å². The maximum atomic E-state index is 12.5. The van der Waals surface area contributed by atoms with Crippen LogP contribution in [0.25, 0.3) is 0 Å². The van der Waals surface area contributed by atoms with Crippen molar-refractivity contribution in [2.24, 2.45) is 11.7 Å². The highest BCUT2D eigenvalue weighted by atomic mass is 35.5. The number of nitrogens with one attached hydrogen (secondary N) is 1. The van der Waals surface area contributed by atoms with Gasteiger partial charge in [0.15, 0.2) is 0 Å². The van der Waals surface area contributed by atoms with Gasteiger partial charge in [-0.1, -0.05) is 38.3 Å². The Morgan fingerprint density at radius 3 is 2.41 bits per heavy atom. The molecule has 1 aromatic rings. The van der Waals surface area contributed by atoms with Gasteiger partial charge in [0.1, 0.15) is 0 Å². The number of hydrogen-bond donors (Lipinski definition) is 2. The standard InChI is InChI=1S/C16H26N2O2S.ClH/c1-2-5-13-8-10-15(11-9-13)21(19,20)18-16-7-4-3-6-14(16)12-17;/h8-11,14,16,18H,2-7,12,17H2,1H3;1H. The van der Waals surface area contributed by atoms with Gasteiger partial charge in [0.2, 0.25) is 10.0 Å². The van der Waals surface area contributed by atoms with E-state index in [2.05, 4.69) is 11.6 Å². The minimum Gasteiger partial charge on any atom is -0.330 e. The highest BCUT2D eigenvalue weighted by molar-refractivity contribution is 7.89. The van der Waals surface area contributed by atoms with Crippen molar-refractivity contribution in [2.75, 3.05) is 6.54 Å². The molecule has 0 spiro atoms. The fourth-order valence-corrected chi connectivity index (χ4v) is 4.38. The van der Waals surface area contributed by atoms with Gasteiger partial charge in [0, 0.05) is 6.04 Å². The van der Waals surface area contributed by atoms with Crippen molar-refractivity contribution in [1.29, 1.82) is 0 Å². The van der Waals surface area contributed by atoms with Gasteiger partial charge in [-0.05, 0) is 49.4 Å². The summed E-state index contributed by atoms with van der Waals surface area (Å²) < 4.78 is 27.8. The molecule has 1 aromatic carbocycles. The Labute approximate surface area is 140 Å². The number of rotatable bonds is 6. The highest BCUT2D eigenvalue weighted by Gasteiger charge is 2.28. The third kappa shape index (κ3) is 4.95. The van der Waals surface area contributed by atoms with Gasteiger partial charge in [-0.15, -0.1) is 12.4 Å². The Morgan fingerprint density at radius 1 is 1.18 bits per heavy atom. The van der Waals surface area contributed by atoms with E-state index in [1.54, 1.807) is 12.1 Å². The Kier molecular flexibility index (Phi) is 7.83. The van der Waals surface area contributed by atoms with Crippen molar-refractivity contribution in [1.82, 2.24) is 4.72 Å². The van der Waals surface area contributed by atoms with Crippen LogP contribution in [0.5, 0.6) is 0 Å². The molecule has 1 aliphatic carbocycles. The summed E-state index contributed by atoms with van der Waals surface area (Å²) in [6, 6.07) is 7.18. The molecular formula is C16H27ClN2O2S. The predicted molar refractivity (Wildman–Crippen MR) is 92.8 cm³/mol. The quantitative estimate of drug-likeness (QED) is 0.831. The van der Waals surface area contributed by atoms with E-state index in [1.165, 1.54) is 5.56 Å². The summed E-state index contributed by atoms with van der Waals surface area (Å²) in [4.78, 5) is 0.351. The Balaban J connectivity index is 0.00000242. The number of sulfonamides is 1. The first-order valence-electron chi connectivity index (χ1n) is 7.88. The molecule has 0 heterocycles. The average Bonchev–Trinajstić information content (AvgIpc) is 2.48. The smallest absolute Gasteiger partial charge is 0.240 e. The monoisotopic (exact) mass is 346 g/mol. The number of aryl methyl sites for hydroxylation is 1. The molecule has 1 saturated carbocycles. The molecule has 1 aliphatic rings. The largest absolute Gasteiger partial charge is 0.330 e. The predicted octanol–water partition coefficient (Wildman–Crippen LogP) is 2.86. The minimum atomic E-state index is -3.44. The van der Waals surface area contributed by atoms with Crippen LogP contribution >= 0.6 is 12.4 Å². The molecular weight excluding hydrogens is 320 g/mol. The molecule has 0 saturated heterocycles. The lowest BCUT2D eigenvalue weighted by Gasteiger charge is -2.31. The van der Waals surface area contributed by atoms with Gasteiger partial charge in [0.25, 0.3) is 0 Å². The second-order valence-electron chi connectivity index (χ2n) is 5.90. The van der Waals surface area contributed by atoms with E-state index in [0.29, 0.717) is 11.4 Å². The molecule has 22 heavy (non-hydrogen) atoms. The van der Waals surface area contributed by atoms with E-state index in [9.17, 15) is 8.42 Å². The summed E-state index contributed by atoms with van der Waals surface area (Å²) >= 11 is 0. The Morgan fingerprint density at radius 2 is 1.82 bits per heavy atom. The molecule has 6 heteroatoms. The highest BCUT2D eigenvalue weighted by Crippen LogP contribution is 2.25. The maximum absolute atomic E-state index is 12.5. The average molecular weight is 347 g/mol. The fourth-order valence-electron chi connectivity index (χ4n) is 3.04. The van der Waals surface area contributed by atoms with Gasteiger partial charge >= 0.3 is 0 Å². The Hall–Kier alpha value is -0.620. The Bertz CT molecular complexity index is 546. The molecule has 0 bridgehead atoms. The molecule has 2 atom stereocenters. The molecule has 3 N–H and O–H groups in total. The van der Waals surface area contributed by atoms with E-state index in [-0.39, 0.29) is 24.4 Å². The lowest BCUT2D eigenvalue weighted by atomic mass is 9.85. The molecule has 2 rings (SSSR count). The fraction of sp³-hybridized carbons (Fsp3) is 0.625. The van der Waals surface area contributed by atoms with Crippen LogP contribution in [0.1, 0.15) is 44.6 Å².